The first-order chi connectivity index (χ1) is 9.54. The van der Waals surface area contributed by atoms with Crippen molar-refractivity contribution in [1.29, 1.82) is 0 Å². The summed E-state index contributed by atoms with van der Waals surface area (Å²) >= 11 is 1.56. The third kappa shape index (κ3) is 2.18. The van der Waals surface area contributed by atoms with E-state index < -0.39 is 0 Å². The van der Waals surface area contributed by atoms with Crippen LogP contribution in [-0.2, 0) is 0 Å². The van der Waals surface area contributed by atoms with E-state index in [-0.39, 0.29) is 0 Å². The fraction of sp³-hybridized carbons (Fsp3) is 0.214. The third-order valence-electron chi connectivity index (χ3n) is 2.99. The predicted octanol–water partition coefficient (Wildman–Crippen LogP) is 3.04. The van der Waals surface area contributed by atoms with Crippen LogP contribution in [0.2, 0.25) is 0 Å². The average Bonchev–Trinajstić information content (AvgIpc) is 2.75. The Morgan fingerprint density at radius 2 is 2.00 bits per heavy atom. The van der Waals surface area contributed by atoms with Crippen LogP contribution in [0.25, 0.3) is 10.2 Å². The van der Waals surface area contributed by atoms with Crippen LogP contribution in [0.5, 0.6) is 11.6 Å². The van der Waals surface area contributed by atoms with Crippen LogP contribution in [-0.4, -0.2) is 9.97 Å². The highest BCUT2D eigenvalue weighted by Crippen LogP contribution is 2.33. The molecule has 0 N–H and O–H groups in total. The summed E-state index contributed by atoms with van der Waals surface area (Å²) in [7, 11) is 0. The fourth-order valence-electron chi connectivity index (χ4n) is 1.93. The molecule has 6 heteroatoms. The summed E-state index contributed by atoms with van der Waals surface area (Å²) in [6.07, 6.45) is 1.40. The highest BCUT2D eigenvalue weighted by molar-refractivity contribution is 7.17. The molecule has 0 spiro atoms. The number of hydrogen-bond donors (Lipinski definition) is 0. The first kappa shape index (κ1) is 12.8. The molecule has 5 nitrogen and oxygen atoms in total. The van der Waals surface area contributed by atoms with Crippen molar-refractivity contribution in [1.82, 2.24) is 9.97 Å². The topological polar surface area (TPSA) is 62.0 Å². The minimum Gasteiger partial charge on any atom is -0.618 e. The Balaban J connectivity index is 2.09. The minimum absolute atomic E-state index is 0.468. The van der Waals surface area contributed by atoms with E-state index in [1.807, 2.05) is 19.2 Å². The second-order valence-corrected chi connectivity index (χ2v) is 5.47. The predicted molar refractivity (Wildman–Crippen MR) is 77.1 cm³/mol. The Morgan fingerprint density at radius 3 is 2.75 bits per heavy atom. The standard InChI is InChI=1S/C14H13N3O2S/c1-8-7-20-14-12(8)13(15-10(3)16-14)19-11-5-4-9(2)17(18)6-11/h4-7H,1-3H3. The van der Waals surface area contributed by atoms with Gasteiger partial charge in [0.2, 0.25) is 12.1 Å². The lowest BCUT2D eigenvalue weighted by Crippen LogP contribution is -2.28. The Bertz CT molecular complexity index is 798. The van der Waals surface area contributed by atoms with Crippen LogP contribution in [0, 0.1) is 26.0 Å². The Hall–Kier alpha value is -2.21. The Morgan fingerprint density at radius 1 is 1.20 bits per heavy atom. The minimum atomic E-state index is 0.468. The van der Waals surface area contributed by atoms with E-state index in [2.05, 4.69) is 9.97 Å². The first-order valence-corrected chi connectivity index (χ1v) is 7.02. The van der Waals surface area contributed by atoms with Crippen LogP contribution in [0.4, 0.5) is 0 Å². The number of hydrogen-bond acceptors (Lipinski definition) is 5. The van der Waals surface area contributed by atoms with E-state index in [4.69, 9.17) is 4.74 Å². The van der Waals surface area contributed by atoms with Gasteiger partial charge < -0.3 is 9.94 Å². The molecular weight excluding hydrogens is 274 g/mol. The van der Waals surface area contributed by atoms with Gasteiger partial charge in [0, 0.05) is 13.0 Å². The quantitative estimate of drug-likeness (QED) is 0.537. The maximum Gasteiger partial charge on any atom is 0.231 e. The molecule has 0 aliphatic carbocycles. The van der Waals surface area contributed by atoms with Crippen molar-refractivity contribution in [2.75, 3.05) is 0 Å². The van der Waals surface area contributed by atoms with Gasteiger partial charge in [-0.15, -0.1) is 11.3 Å². The largest absolute Gasteiger partial charge is 0.618 e. The Labute approximate surface area is 120 Å². The number of aryl methyl sites for hydroxylation is 3. The summed E-state index contributed by atoms with van der Waals surface area (Å²) in [4.78, 5) is 9.63. The molecule has 0 unspecified atom stereocenters. The second kappa shape index (κ2) is 4.72. The van der Waals surface area contributed by atoms with E-state index in [1.165, 1.54) is 6.20 Å². The number of pyridine rings is 1. The van der Waals surface area contributed by atoms with Crippen molar-refractivity contribution < 1.29 is 9.47 Å². The maximum atomic E-state index is 11.6. The molecule has 20 heavy (non-hydrogen) atoms. The zero-order valence-corrected chi connectivity index (χ0v) is 12.2. The summed E-state index contributed by atoms with van der Waals surface area (Å²) in [5, 5.41) is 14.5. The molecule has 3 aromatic rings. The normalized spacial score (nSPS) is 10.9. The number of aromatic nitrogens is 3. The molecule has 0 aliphatic rings. The molecule has 0 atom stereocenters. The molecule has 0 aromatic carbocycles. The van der Waals surface area contributed by atoms with Gasteiger partial charge in [-0.25, -0.2) is 4.98 Å². The highest BCUT2D eigenvalue weighted by Gasteiger charge is 2.13. The molecule has 0 saturated heterocycles. The van der Waals surface area contributed by atoms with Crippen LogP contribution in [0.15, 0.2) is 23.7 Å². The van der Waals surface area contributed by atoms with E-state index >= 15 is 0 Å². The number of fused-ring (bicyclic) bond motifs is 1. The summed E-state index contributed by atoms with van der Waals surface area (Å²) < 4.78 is 6.56. The van der Waals surface area contributed by atoms with Crippen molar-refractivity contribution >= 4 is 21.6 Å². The summed E-state index contributed by atoms with van der Waals surface area (Å²) in [6, 6.07) is 3.47. The highest BCUT2D eigenvalue weighted by atomic mass is 32.1. The molecule has 0 bridgehead atoms. The fourth-order valence-corrected chi connectivity index (χ4v) is 2.89. The molecule has 3 aromatic heterocycles. The van der Waals surface area contributed by atoms with Crippen molar-refractivity contribution in [3.8, 4) is 11.6 Å². The number of thiophene rings is 1. The molecule has 0 aliphatic heterocycles. The van der Waals surface area contributed by atoms with Crippen LogP contribution in [0.3, 0.4) is 0 Å². The van der Waals surface area contributed by atoms with Crippen LogP contribution >= 0.6 is 11.3 Å². The average molecular weight is 287 g/mol. The van der Waals surface area contributed by atoms with Gasteiger partial charge in [-0.3, -0.25) is 0 Å². The van der Waals surface area contributed by atoms with Crippen molar-refractivity contribution in [2.24, 2.45) is 0 Å². The number of ether oxygens (including phenoxy) is 1. The number of rotatable bonds is 2. The number of nitrogens with zero attached hydrogens (tertiary/aromatic N) is 3. The van der Waals surface area contributed by atoms with Gasteiger partial charge >= 0.3 is 0 Å². The van der Waals surface area contributed by atoms with Gasteiger partial charge in [0.25, 0.3) is 0 Å². The Kier molecular flexibility index (Phi) is 3.02. The molecular formula is C14H13N3O2S. The second-order valence-electron chi connectivity index (χ2n) is 4.61. The van der Waals surface area contributed by atoms with Crippen molar-refractivity contribution in [2.45, 2.75) is 20.8 Å². The summed E-state index contributed by atoms with van der Waals surface area (Å²) in [6.45, 7) is 5.56. The van der Waals surface area contributed by atoms with Crippen LogP contribution in [0.1, 0.15) is 17.1 Å². The van der Waals surface area contributed by atoms with E-state index in [0.717, 1.165) is 20.5 Å². The molecule has 3 heterocycles. The zero-order chi connectivity index (χ0) is 14.3. The van der Waals surface area contributed by atoms with Crippen molar-refractivity contribution in [3.63, 3.8) is 0 Å². The van der Waals surface area contributed by atoms with E-state index in [0.29, 0.717) is 23.1 Å². The van der Waals surface area contributed by atoms with Gasteiger partial charge in [0.15, 0.2) is 11.4 Å². The molecule has 0 amide bonds. The molecule has 0 radical (unpaired) electrons. The maximum absolute atomic E-state index is 11.6. The lowest BCUT2D eigenvalue weighted by molar-refractivity contribution is -0.612. The zero-order valence-electron chi connectivity index (χ0n) is 11.4. The summed E-state index contributed by atoms with van der Waals surface area (Å²) in [5.74, 6) is 1.61. The first-order valence-electron chi connectivity index (χ1n) is 6.14. The third-order valence-corrected chi connectivity index (χ3v) is 3.98. The smallest absolute Gasteiger partial charge is 0.231 e. The van der Waals surface area contributed by atoms with Crippen molar-refractivity contribution in [3.05, 3.63) is 46.0 Å². The van der Waals surface area contributed by atoms with E-state index in [1.54, 1.807) is 30.4 Å². The van der Waals surface area contributed by atoms with Gasteiger partial charge in [0.05, 0.1) is 5.39 Å². The van der Waals surface area contributed by atoms with Crippen LogP contribution < -0.4 is 9.47 Å². The molecule has 3 rings (SSSR count). The van der Waals surface area contributed by atoms with Gasteiger partial charge in [-0.05, 0) is 30.9 Å². The van der Waals surface area contributed by atoms with Gasteiger partial charge in [-0.2, -0.15) is 9.71 Å². The monoisotopic (exact) mass is 287 g/mol. The molecule has 0 saturated carbocycles. The summed E-state index contributed by atoms with van der Waals surface area (Å²) in [5.41, 5.74) is 1.69. The molecule has 102 valence electrons. The lowest BCUT2D eigenvalue weighted by atomic mass is 10.2. The van der Waals surface area contributed by atoms with E-state index in [9.17, 15) is 5.21 Å². The molecule has 0 fully saturated rings. The SMILES string of the molecule is Cc1nc(Oc2ccc(C)[n+]([O-])c2)c2c(C)csc2n1. The van der Waals surface area contributed by atoms with Gasteiger partial charge in [0.1, 0.15) is 10.7 Å². The lowest BCUT2D eigenvalue weighted by Gasteiger charge is -2.08. The van der Waals surface area contributed by atoms with Gasteiger partial charge in [-0.1, -0.05) is 0 Å².